The molecule has 9 heteroatoms. The molecule has 1 aliphatic heterocycles. The van der Waals surface area contributed by atoms with Crippen LogP contribution in [0.25, 0.3) is 0 Å². The van der Waals surface area contributed by atoms with E-state index in [2.05, 4.69) is 47.0 Å². The first kappa shape index (κ1) is 29.8. The Morgan fingerprint density at radius 2 is 1.78 bits per heavy atom. The molecule has 2 aromatic carbocycles. The number of anilines is 1. The van der Waals surface area contributed by atoms with E-state index in [4.69, 9.17) is 5.73 Å². The highest BCUT2D eigenvalue weighted by atomic mass is 16.2. The van der Waals surface area contributed by atoms with E-state index in [0.717, 1.165) is 24.0 Å². The lowest BCUT2D eigenvalue weighted by atomic mass is 9.88. The standard InChI is InChI=1S/C32H42N6O3/c1-7-21-13-15-23(16-14-21)32(6,30(41)36-25(27(33)39)17-20(2)3)37-29(40)24-19-34-38-28(24)35-26(18-31(38,4)5)22-11-9-8-10-12-22/h8-16,19-20,25-26,35H,7,17-18H2,1-6H3,(H2,33,39)(H,36,41)(H,37,40)/t25?,26-,32?/m1/s1. The number of amides is 3. The van der Waals surface area contributed by atoms with Crippen LogP contribution in [0.1, 0.15) is 87.5 Å². The largest absolute Gasteiger partial charge is 0.368 e. The van der Waals surface area contributed by atoms with Crippen molar-refractivity contribution in [2.24, 2.45) is 11.7 Å². The molecule has 1 aliphatic rings. The van der Waals surface area contributed by atoms with Gasteiger partial charge in [-0.3, -0.25) is 14.4 Å². The Morgan fingerprint density at radius 1 is 1.12 bits per heavy atom. The van der Waals surface area contributed by atoms with Crippen LogP contribution < -0.4 is 21.7 Å². The summed E-state index contributed by atoms with van der Waals surface area (Å²) in [7, 11) is 0. The van der Waals surface area contributed by atoms with Gasteiger partial charge in [-0.25, -0.2) is 4.68 Å². The summed E-state index contributed by atoms with van der Waals surface area (Å²) >= 11 is 0. The zero-order chi connectivity index (χ0) is 29.9. The van der Waals surface area contributed by atoms with E-state index < -0.39 is 29.3 Å². The van der Waals surface area contributed by atoms with E-state index in [-0.39, 0.29) is 17.5 Å². The average Bonchev–Trinajstić information content (AvgIpc) is 3.38. The van der Waals surface area contributed by atoms with E-state index in [0.29, 0.717) is 23.4 Å². The highest BCUT2D eigenvalue weighted by Gasteiger charge is 2.41. The van der Waals surface area contributed by atoms with Crippen LogP contribution in [0.3, 0.4) is 0 Å². The lowest BCUT2D eigenvalue weighted by Crippen LogP contribution is -2.58. The normalized spacial score (nSPS) is 18.0. The van der Waals surface area contributed by atoms with Gasteiger partial charge in [0.2, 0.25) is 5.91 Å². The van der Waals surface area contributed by atoms with Crippen LogP contribution in [0.5, 0.6) is 0 Å². The molecule has 1 aromatic heterocycles. The Bertz CT molecular complexity index is 1400. The number of nitrogens with two attached hydrogens (primary N) is 1. The third-order valence-corrected chi connectivity index (χ3v) is 7.92. The topological polar surface area (TPSA) is 131 Å². The summed E-state index contributed by atoms with van der Waals surface area (Å²) in [6.45, 7) is 11.8. The molecule has 3 atom stereocenters. The van der Waals surface area contributed by atoms with Crippen molar-refractivity contribution in [2.45, 2.75) is 84.0 Å². The van der Waals surface area contributed by atoms with Crippen LogP contribution in [0.15, 0.2) is 60.8 Å². The van der Waals surface area contributed by atoms with Gasteiger partial charge in [-0.2, -0.15) is 5.10 Å². The van der Waals surface area contributed by atoms with Gasteiger partial charge >= 0.3 is 0 Å². The molecule has 0 fully saturated rings. The first-order chi connectivity index (χ1) is 19.4. The maximum atomic E-state index is 14.0. The van der Waals surface area contributed by atoms with Crippen LogP contribution in [0.2, 0.25) is 0 Å². The minimum atomic E-state index is -1.49. The first-order valence-electron chi connectivity index (χ1n) is 14.3. The molecule has 0 spiro atoms. The number of primary amides is 1. The molecule has 0 radical (unpaired) electrons. The molecular formula is C32H42N6O3. The SMILES string of the molecule is CCc1ccc(C(C)(NC(=O)c2cnn3c2N[C@@H](c2ccccc2)CC3(C)C)C(=O)NC(CC(C)C)C(N)=O)cc1. The Morgan fingerprint density at radius 3 is 2.37 bits per heavy atom. The quantitative estimate of drug-likeness (QED) is 0.293. The van der Waals surface area contributed by atoms with E-state index in [1.165, 1.54) is 6.20 Å². The van der Waals surface area contributed by atoms with Gasteiger partial charge in [-0.15, -0.1) is 0 Å². The van der Waals surface area contributed by atoms with Gasteiger partial charge in [-0.05, 0) is 62.6 Å². The van der Waals surface area contributed by atoms with Gasteiger partial charge in [0.05, 0.1) is 17.8 Å². The Balaban J connectivity index is 1.69. The minimum absolute atomic E-state index is 0.0226. The number of aromatic nitrogens is 2. The highest BCUT2D eigenvalue weighted by Crippen LogP contribution is 2.40. The molecular weight excluding hydrogens is 516 g/mol. The van der Waals surface area contributed by atoms with Crippen LogP contribution in [0, 0.1) is 5.92 Å². The molecule has 2 heterocycles. The number of carbonyl (C=O) groups excluding carboxylic acids is 3. The van der Waals surface area contributed by atoms with Crippen molar-refractivity contribution in [3.05, 3.63) is 83.0 Å². The van der Waals surface area contributed by atoms with Crippen LogP contribution in [0.4, 0.5) is 5.82 Å². The van der Waals surface area contributed by atoms with Crippen LogP contribution >= 0.6 is 0 Å². The number of fused-ring (bicyclic) bond motifs is 1. The van der Waals surface area contributed by atoms with Crippen molar-refractivity contribution in [1.82, 2.24) is 20.4 Å². The van der Waals surface area contributed by atoms with Crippen molar-refractivity contribution in [1.29, 1.82) is 0 Å². The van der Waals surface area contributed by atoms with Crippen LogP contribution in [-0.2, 0) is 27.1 Å². The zero-order valence-corrected chi connectivity index (χ0v) is 24.8. The molecule has 0 saturated carbocycles. The zero-order valence-electron chi connectivity index (χ0n) is 24.8. The second kappa shape index (κ2) is 11.8. The molecule has 3 aromatic rings. The summed E-state index contributed by atoms with van der Waals surface area (Å²) < 4.78 is 1.83. The molecule has 2 unspecified atom stereocenters. The molecule has 218 valence electrons. The van der Waals surface area contributed by atoms with Gasteiger partial charge in [0.25, 0.3) is 11.8 Å². The number of rotatable bonds is 10. The summed E-state index contributed by atoms with van der Waals surface area (Å²) in [4.78, 5) is 40.0. The summed E-state index contributed by atoms with van der Waals surface area (Å²) in [6.07, 6.45) is 3.54. The monoisotopic (exact) mass is 558 g/mol. The van der Waals surface area contributed by atoms with Crippen molar-refractivity contribution in [3.8, 4) is 0 Å². The third-order valence-electron chi connectivity index (χ3n) is 7.92. The minimum Gasteiger partial charge on any atom is -0.368 e. The second-order valence-electron chi connectivity index (χ2n) is 12.1. The fraction of sp³-hybridized carbons (Fsp3) is 0.438. The van der Waals surface area contributed by atoms with Crippen molar-refractivity contribution < 1.29 is 14.4 Å². The lowest BCUT2D eigenvalue weighted by Gasteiger charge is -2.38. The van der Waals surface area contributed by atoms with E-state index >= 15 is 0 Å². The fourth-order valence-electron chi connectivity index (χ4n) is 5.45. The molecule has 41 heavy (non-hydrogen) atoms. The first-order valence-corrected chi connectivity index (χ1v) is 14.3. The van der Waals surface area contributed by atoms with Crippen molar-refractivity contribution in [3.63, 3.8) is 0 Å². The predicted octanol–water partition coefficient (Wildman–Crippen LogP) is 4.40. The Hall–Kier alpha value is -4.14. The van der Waals surface area contributed by atoms with Gasteiger partial charge < -0.3 is 21.7 Å². The van der Waals surface area contributed by atoms with Gasteiger partial charge in [-0.1, -0.05) is 75.4 Å². The summed E-state index contributed by atoms with van der Waals surface area (Å²) in [5, 5.41) is 13.9. The number of nitrogens with one attached hydrogen (secondary N) is 3. The molecule has 9 nitrogen and oxygen atoms in total. The highest BCUT2D eigenvalue weighted by molar-refractivity contribution is 6.03. The number of hydrogen-bond donors (Lipinski definition) is 4. The third kappa shape index (κ3) is 6.29. The lowest BCUT2D eigenvalue weighted by molar-refractivity contribution is -0.131. The number of nitrogens with zero attached hydrogens (tertiary/aromatic N) is 2. The number of hydrogen-bond acceptors (Lipinski definition) is 5. The van der Waals surface area contributed by atoms with Gasteiger partial charge in [0.1, 0.15) is 23.0 Å². The van der Waals surface area contributed by atoms with E-state index in [1.54, 1.807) is 6.92 Å². The number of aryl methyl sites for hydroxylation is 1. The van der Waals surface area contributed by atoms with Crippen molar-refractivity contribution in [2.75, 3.05) is 5.32 Å². The summed E-state index contributed by atoms with van der Waals surface area (Å²) in [5.41, 5.74) is 6.91. The molecule has 0 bridgehead atoms. The average molecular weight is 559 g/mol. The van der Waals surface area contributed by atoms with Crippen molar-refractivity contribution >= 4 is 23.5 Å². The molecule has 4 rings (SSSR count). The maximum Gasteiger partial charge on any atom is 0.257 e. The fourth-order valence-corrected chi connectivity index (χ4v) is 5.45. The molecule has 5 N–H and O–H groups in total. The predicted molar refractivity (Wildman–Crippen MR) is 160 cm³/mol. The van der Waals surface area contributed by atoms with E-state index in [1.807, 2.05) is 67.9 Å². The number of carbonyl (C=O) groups is 3. The summed E-state index contributed by atoms with van der Waals surface area (Å²) in [5.74, 6) is -0.878. The molecule has 0 aliphatic carbocycles. The smallest absolute Gasteiger partial charge is 0.257 e. The Labute approximate surface area is 242 Å². The molecule has 3 amide bonds. The molecule has 0 saturated heterocycles. The van der Waals surface area contributed by atoms with Gasteiger partial charge in [0, 0.05) is 0 Å². The van der Waals surface area contributed by atoms with E-state index in [9.17, 15) is 14.4 Å². The van der Waals surface area contributed by atoms with Gasteiger partial charge in [0.15, 0.2) is 0 Å². The number of benzene rings is 2. The second-order valence-corrected chi connectivity index (χ2v) is 12.1. The Kier molecular flexibility index (Phi) is 8.56. The maximum absolute atomic E-state index is 14.0. The summed E-state index contributed by atoms with van der Waals surface area (Å²) in [6, 6.07) is 16.7. The van der Waals surface area contributed by atoms with Crippen LogP contribution in [-0.4, -0.2) is 33.5 Å².